The maximum Gasteiger partial charge on any atom is 0.328 e. The minimum absolute atomic E-state index is 0.317. The van der Waals surface area contributed by atoms with E-state index >= 15 is 0 Å². The van der Waals surface area contributed by atoms with Gasteiger partial charge in [0.2, 0.25) is 0 Å². The fourth-order valence-corrected chi connectivity index (χ4v) is 2.57. The number of anilines is 1. The molecule has 0 spiro atoms. The molecule has 0 aliphatic carbocycles. The minimum Gasteiger partial charge on any atom is -0.454 e. The van der Waals surface area contributed by atoms with Gasteiger partial charge in [-0.25, -0.2) is 4.79 Å². The zero-order chi connectivity index (χ0) is 17.1. The lowest BCUT2D eigenvalue weighted by Gasteiger charge is -2.17. The Balaban J connectivity index is 1.58. The Morgan fingerprint density at radius 2 is 1.96 bits per heavy atom. The van der Waals surface area contributed by atoms with E-state index in [4.69, 9.17) is 4.74 Å². The van der Waals surface area contributed by atoms with E-state index in [2.05, 4.69) is 0 Å². The van der Waals surface area contributed by atoms with Crippen LogP contribution in [0.15, 0.2) is 46.1 Å². The Kier molecular flexibility index (Phi) is 4.28. The van der Waals surface area contributed by atoms with Crippen molar-refractivity contribution >= 4 is 17.6 Å². The molecule has 0 fully saturated rings. The van der Waals surface area contributed by atoms with Gasteiger partial charge < -0.3 is 9.64 Å². The summed E-state index contributed by atoms with van der Waals surface area (Å²) in [5.74, 6) is -1.05. The summed E-state index contributed by atoms with van der Waals surface area (Å²) in [7, 11) is 0. The molecule has 8 nitrogen and oxygen atoms in total. The van der Waals surface area contributed by atoms with Crippen molar-refractivity contribution < 1.29 is 14.3 Å². The molecule has 0 saturated heterocycles. The second kappa shape index (κ2) is 6.53. The molecule has 1 amide bonds. The monoisotopic (exact) mass is 329 g/mol. The molecule has 2 heterocycles. The molecule has 3 rings (SSSR count). The van der Waals surface area contributed by atoms with Crippen LogP contribution in [0.4, 0.5) is 5.69 Å². The number of aromatic nitrogens is 2. The Morgan fingerprint density at radius 3 is 2.75 bits per heavy atom. The predicted octanol–water partition coefficient (Wildman–Crippen LogP) is -0.331. The number of nitrogens with one attached hydrogen (secondary N) is 1. The summed E-state index contributed by atoms with van der Waals surface area (Å²) in [5.41, 5.74) is 0.652. The first-order valence-corrected chi connectivity index (χ1v) is 7.38. The Hall–Kier alpha value is -3.16. The van der Waals surface area contributed by atoms with Gasteiger partial charge in [-0.3, -0.25) is 23.9 Å². The third kappa shape index (κ3) is 3.27. The van der Waals surface area contributed by atoms with E-state index in [1.54, 1.807) is 4.90 Å². The molecule has 24 heavy (non-hydrogen) atoms. The second-order valence-corrected chi connectivity index (χ2v) is 5.32. The van der Waals surface area contributed by atoms with Crippen LogP contribution in [0, 0.1) is 0 Å². The highest BCUT2D eigenvalue weighted by atomic mass is 16.5. The minimum atomic E-state index is -0.731. The number of rotatable bonds is 4. The van der Waals surface area contributed by atoms with E-state index in [-0.39, 0.29) is 12.5 Å². The molecule has 8 heteroatoms. The topological polar surface area (TPSA) is 101 Å². The van der Waals surface area contributed by atoms with Crippen molar-refractivity contribution in [3.63, 3.8) is 0 Å². The molecule has 0 bridgehead atoms. The van der Waals surface area contributed by atoms with Crippen LogP contribution in [0.2, 0.25) is 0 Å². The van der Waals surface area contributed by atoms with Gasteiger partial charge in [0, 0.05) is 24.5 Å². The number of ether oxygens (including phenoxy) is 1. The van der Waals surface area contributed by atoms with Gasteiger partial charge in [0.1, 0.15) is 6.54 Å². The molecular weight excluding hydrogens is 314 g/mol. The highest BCUT2D eigenvalue weighted by molar-refractivity contribution is 5.97. The van der Waals surface area contributed by atoms with Crippen molar-refractivity contribution in [2.24, 2.45) is 0 Å². The Morgan fingerprint density at radius 1 is 1.17 bits per heavy atom. The van der Waals surface area contributed by atoms with E-state index in [1.165, 1.54) is 6.20 Å². The van der Waals surface area contributed by atoms with E-state index in [9.17, 15) is 19.2 Å². The van der Waals surface area contributed by atoms with Gasteiger partial charge >= 0.3 is 11.7 Å². The van der Waals surface area contributed by atoms with Gasteiger partial charge in [0.25, 0.3) is 11.5 Å². The number of carbonyl (C=O) groups excluding carboxylic acids is 2. The van der Waals surface area contributed by atoms with Gasteiger partial charge in [-0.05, 0) is 18.1 Å². The molecule has 0 saturated carbocycles. The fourth-order valence-electron chi connectivity index (χ4n) is 2.57. The van der Waals surface area contributed by atoms with Gasteiger partial charge in [-0.1, -0.05) is 18.2 Å². The lowest BCUT2D eigenvalue weighted by molar-refractivity contribution is -0.148. The van der Waals surface area contributed by atoms with Crippen LogP contribution in [0.3, 0.4) is 0 Å². The van der Waals surface area contributed by atoms with E-state index in [0.717, 1.165) is 28.3 Å². The van der Waals surface area contributed by atoms with Crippen LogP contribution in [0.25, 0.3) is 0 Å². The summed E-state index contributed by atoms with van der Waals surface area (Å²) in [4.78, 5) is 50.0. The number of amides is 1. The van der Waals surface area contributed by atoms with Crippen molar-refractivity contribution in [2.45, 2.75) is 13.0 Å². The average molecular weight is 329 g/mol. The van der Waals surface area contributed by atoms with E-state index < -0.39 is 23.8 Å². The first-order valence-electron chi connectivity index (χ1n) is 7.38. The van der Waals surface area contributed by atoms with Gasteiger partial charge in [0.15, 0.2) is 6.61 Å². The number of nitrogens with zero attached hydrogens (tertiary/aromatic N) is 2. The molecule has 1 aliphatic heterocycles. The highest BCUT2D eigenvalue weighted by Crippen LogP contribution is 2.27. The normalized spacial score (nSPS) is 12.8. The summed E-state index contributed by atoms with van der Waals surface area (Å²) in [5, 5.41) is 0. The Labute approximate surface area is 136 Å². The van der Waals surface area contributed by atoms with Crippen molar-refractivity contribution in [1.82, 2.24) is 9.55 Å². The zero-order valence-electron chi connectivity index (χ0n) is 12.7. The second-order valence-electron chi connectivity index (χ2n) is 5.32. The Bertz CT molecular complexity index is 899. The largest absolute Gasteiger partial charge is 0.454 e. The molecule has 0 radical (unpaired) electrons. The molecule has 2 aromatic rings. The summed E-state index contributed by atoms with van der Waals surface area (Å²) in [6.45, 7) is -0.222. The third-order valence-corrected chi connectivity index (χ3v) is 3.74. The van der Waals surface area contributed by atoms with Gasteiger partial charge in [0.05, 0.1) is 0 Å². The van der Waals surface area contributed by atoms with E-state index in [0.29, 0.717) is 6.54 Å². The van der Waals surface area contributed by atoms with Crippen LogP contribution < -0.4 is 16.1 Å². The van der Waals surface area contributed by atoms with Crippen molar-refractivity contribution in [1.29, 1.82) is 0 Å². The number of carbonyl (C=O) groups is 2. The van der Waals surface area contributed by atoms with E-state index in [1.807, 2.05) is 29.2 Å². The summed E-state index contributed by atoms with van der Waals surface area (Å²) in [6.07, 6.45) is 1.96. The lowest BCUT2D eigenvalue weighted by Crippen LogP contribution is -2.35. The molecular formula is C16H15N3O5. The van der Waals surface area contributed by atoms with Crippen LogP contribution in [0.1, 0.15) is 5.56 Å². The van der Waals surface area contributed by atoms with Crippen LogP contribution >= 0.6 is 0 Å². The quantitative estimate of drug-likeness (QED) is 0.774. The van der Waals surface area contributed by atoms with Crippen LogP contribution in [-0.2, 0) is 27.3 Å². The van der Waals surface area contributed by atoms with Crippen LogP contribution in [0.5, 0.6) is 0 Å². The van der Waals surface area contributed by atoms with Gasteiger partial charge in [-0.2, -0.15) is 0 Å². The molecule has 1 aromatic heterocycles. The number of fused-ring (bicyclic) bond motifs is 1. The summed E-state index contributed by atoms with van der Waals surface area (Å²) >= 11 is 0. The summed E-state index contributed by atoms with van der Waals surface area (Å²) in [6, 6.07) is 8.69. The molecule has 1 N–H and O–H groups in total. The third-order valence-electron chi connectivity index (χ3n) is 3.74. The number of benzene rings is 1. The van der Waals surface area contributed by atoms with Gasteiger partial charge in [-0.15, -0.1) is 0 Å². The first-order chi connectivity index (χ1) is 11.5. The lowest BCUT2D eigenvalue weighted by atomic mass is 10.2. The molecule has 0 unspecified atom stereocenters. The van der Waals surface area contributed by atoms with Crippen molar-refractivity contribution in [2.75, 3.05) is 18.1 Å². The molecule has 1 aliphatic rings. The number of esters is 1. The molecule has 0 atom stereocenters. The number of hydrogen-bond donors (Lipinski definition) is 1. The standard InChI is InChI=1S/C16H15N3O5/c20-13-6-7-18(16(23)17-13)9-15(22)24-10-14(21)19-8-5-11-3-1-2-4-12(11)19/h1-4,6-7H,5,8-10H2,(H,17,20,23). The zero-order valence-corrected chi connectivity index (χ0v) is 12.7. The fraction of sp³-hybridized carbons (Fsp3) is 0.250. The molecule has 1 aromatic carbocycles. The van der Waals surface area contributed by atoms with Crippen molar-refractivity contribution in [3.05, 3.63) is 62.9 Å². The highest BCUT2D eigenvalue weighted by Gasteiger charge is 2.24. The van der Waals surface area contributed by atoms with Crippen LogP contribution in [-0.4, -0.2) is 34.6 Å². The maximum absolute atomic E-state index is 12.2. The average Bonchev–Trinajstić information content (AvgIpc) is 2.99. The number of para-hydroxylation sites is 1. The summed E-state index contributed by atoms with van der Waals surface area (Å²) < 4.78 is 5.94. The first kappa shape index (κ1) is 15.7. The number of aromatic amines is 1. The predicted molar refractivity (Wildman–Crippen MR) is 84.8 cm³/mol. The number of H-pyrrole nitrogens is 1. The molecule has 124 valence electrons. The van der Waals surface area contributed by atoms with Crippen molar-refractivity contribution in [3.8, 4) is 0 Å². The number of hydrogen-bond acceptors (Lipinski definition) is 5. The smallest absolute Gasteiger partial charge is 0.328 e. The SMILES string of the molecule is O=C(Cn1ccc(=O)[nH]c1=O)OCC(=O)N1CCc2ccccc21. The maximum atomic E-state index is 12.2.